The van der Waals surface area contributed by atoms with Gasteiger partial charge in [-0.2, -0.15) is 0 Å². The molecule has 3 rings (SSSR count). The van der Waals surface area contributed by atoms with Gasteiger partial charge in [0.2, 0.25) is 0 Å². The van der Waals surface area contributed by atoms with Gasteiger partial charge >= 0.3 is 5.69 Å². The van der Waals surface area contributed by atoms with Gasteiger partial charge in [-0.25, -0.2) is 4.79 Å². The van der Waals surface area contributed by atoms with E-state index in [1.54, 1.807) is 10.8 Å². The molecule has 0 atom stereocenters. The molecule has 6 nitrogen and oxygen atoms in total. The lowest BCUT2D eigenvalue weighted by Crippen LogP contribution is -2.32. The van der Waals surface area contributed by atoms with Gasteiger partial charge < -0.3 is 9.80 Å². The Hall–Kier alpha value is -3.28. The molecule has 0 fully saturated rings. The molecule has 0 bridgehead atoms. The van der Waals surface area contributed by atoms with E-state index in [-0.39, 0.29) is 6.04 Å². The van der Waals surface area contributed by atoms with Gasteiger partial charge in [-0.15, -0.1) is 0 Å². The van der Waals surface area contributed by atoms with Gasteiger partial charge in [0.1, 0.15) is 0 Å². The van der Waals surface area contributed by atoms with Gasteiger partial charge in [-0.3, -0.25) is 14.3 Å². The summed E-state index contributed by atoms with van der Waals surface area (Å²) >= 11 is 0. The molecular weight excluding hydrogens is 340 g/mol. The molecule has 2 aromatic carbocycles. The Balaban J connectivity index is 2.13. The quantitative estimate of drug-likeness (QED) is 0.755. The molecule has 0 aliphatic carbocycles. The lowest BCUT2D eigenvalue weighted by molar-refractivity contribution is 0.626. The monoisotopic (exact) mass is 364 g/mol. The zero-order chi connectivity index (χ0) is 19.6. The normalized spacial score (nSPS) is 10.9. The summed E-state index contributed by atoms with van der Waals surface area (Å²) < 4.78 is 1.55. The largest absolute Gasteiger partial charge is 0.378 e. The van der Waals surface area contributed by atoms with E-state index in [1.165, 1.54) is 6.07 Å². The summed E-state index contributed by atoms with van der Waals surface area (Å²) in [7, 11) is 7.94. The third kappa shape index (κ3) is 3.95. The summed E-state index contributed by atoms with van der Waals surface area (Å²) in [5.41, 5.74) is 3.25. The molecule has 0 aliphatic rings. The van der Waals surface area contributed by atoms with E-state index in [0.717, 1.165) is 22.5 Å². The molecule has 6 heteroatoms. The van der Waals surface area contributed by atoms with Crippen molar-refractivity contribution in [2.75, 3.05) is 38.0 Å². The number of hydrogen-bond donors (Lipinski definition) is 1. The first-order chi connectivity index (χ1) is 12.9. The first-order valence-corrected chi connectivity index (χ1v) is 8.73. The molecule has 1 heterocycles. The van der Waals surface area contributed by atoms with Crippen molar-refractivity contribution in [1.82, 2.24) is 9.55 Å². The molecule has 0 radical (unpaired) electrons. The predicted molar refractivity (Wildman–Crippen MR) is 110 cm³/mol. The van der Waals surface area contributed by atoms with Crippen LogP contribution in [0.15, 0.2) is 70.4 Å². The Morgan fingerprint density at radius 1 is 0.741 bits per heavy atom. The van der Waals surface area contributed by atoms with Crippen molar-refractivity contribution in [1.29, 1.82) is 0 Å². The van der Waals surface area contributed by atoms with E-state index in [9.17, 15) is 9.59 Å². The highest BCUT2D eigenvalue weighted by Crippen LogP contribution is 2.28. The van der Waals surface area contributed by atoms with Crippen molar-refractivity contribution >= 4 is 11.4 Å². The molecule has 140 valence electrons. The summed E-state index contributed by atoms with van der Waals surface area (Å²) in [6, 6.07) is 17.2. The second-order valence-corrected chi connectivity index (χ2v) is 6.89. The van der Waals surface area contributed by atoms with Crippen LogP contribution in [0.1, 0.15) is 17.2 Å². The number of H-pyrrole nitrogens is 1. The second-order valence-electron chi connectivity index (χ2n) is 6.89. The van der Waals surface area contributed by atoms with Crippen LogP contribution in [0.3, 0.4) is 0 Å². The van der Waals surface area contributed by atoms with Crippen LogP contribution >= 0.6 is 0 Å². The van der Waals surface area contributed by atoms with Crippen molar-refractivity contribution in [2.45, 2.75) is 6.04 Å². The molecule has 1 N–H and O–H groups in total. The summed E-state index contributed by atoms with van der Waals surface area (Å²) in [6.45, 7) is 0. The number of benzene rings is 2. The molecule has 0 amide bonds. The number of nitrogens with zero attached hydrogens (tertiary/aromatic N) is 3. The number of aromatic amines is 1. The molecule has 3 aromatic rings. The van der Waals surface area contributed by atoms with Crippen molar-refractivity contribution in [3.63, 3.8) is 0 Å². The van der Waals surface area contributed by atoms with Crippen LogP contribution in [-0.2, 0) is 0 Å². The van der Waals surface area contributed by atoms with Crippen LogP contribution in [0.5, 0.6) is 0 Å². The second kappa shape index (κ2) is 7.53. The van der Waals surface area contributed by atoms with E-state index in [2.05, 4.69) is 4.98 Å². The Morgan fingerprint density at radius 2 is 1.19 bits per heavy atom. The summed E-state index contributed by atoms with van der Waals surface area (Å²) in [6.07, 6.45) is 1.55. The van der Waals surface area contributed by atoms with Crippen molar-refractivity contribution in [2.24, 2.45) is 0 Å². The molecular formula is C21H24N4O2. The highest BCUT2D eigenvalue weighted by Gasteiger charge is 2.18. The minimum absolute atomic E-state index is 0.332. The number of hydrogen-bond acceptors (Lipinski definition) is 4. The molecule has 27 heavy (non-hydrogen) atoms. The van der Waals surface area contributed by atoms with Crippen molar-refractivity contribution in [3.05, 3.63) is 92.8 Å². The number of rotatable bonds is 5. The van der Waals surface area contributed by atoms with E-state index < -0.39 is 11.2 Å². The molecule has 0 unspecified atom stereocenters. The van der Waals surface area contributed by atoms with E-state index in [0.29, 0.717) is 0 Å². The van der Waals surface area contributed by atoms with Crippen LogP contribution < -0.4 is 21.0 Å². The maximum absolute atomic E-state index is 12.5. The van der Waals surface area contributed by atoms with Crippen LogP contribution in [-0.4, -0.2) is 37.7 Å². The minimum atomic E-state index is -0.430. The van der Waals surface area contributed by atoms with E-state index in [1.807, 2.05) is 86.5 Å². The maximum atomic E-state index is 12.5. The summed E-state index contributed by atoms with van der Waals surface area (Å²) in [5, 5.41) is 0. The van der Waals surface area contributed by atoms with Gasteiger partial charge in [0.05, 0.1) is 6.04 Å². The zero-order valence-electron chi connectivity index (χ0n) is 16.0. The Kier molecular flexibility index (Phi) is 5.16. The third-order valence-corrected chi connectivity index (χ3v) is 4.58. The fraction of sp³-hybridized carbons (Fsp3) is 0.238. The number of anilines is 2. The average molecular weight is 364 g/mol. The highest BCUT2D eigenvalue weighted by molar-refractivity contribution is 5.50. The van der Waals surface area contributed by atoms with Crippen molar-refractivity contribution in [3.8, 4) is 0 Å². The lowest BCUT2D eigenvalue weighted by atomic mass is 9.97. The summed E-state index contributed by atoms with van der Waals surface area (Å²) in [4.78, 5) is 30.4. The van der Waals surface area contributed by atoms with Gasteiger partial charge in [0.25, 0.3) is 5.56 Å². The smallest absolute Gasteiger partial charge is 0.329 e. The van der Waals surface area contributed by atoms with Gasteiger partial charge in [-0.1, -0.05) is 24.3 Å². The highest BCUT2D eigenvalue weighted by atomic mass is 16.2. The average Bonchev–Trinajstić information content (AvgIpc) is 2.64. The van der Waals surface area contributed by atoms with E-state index in [4.69, 9.17) is 0 Å². The summed E-state index contributed by atoms with van der Waals surface area (Å²) in [5.74, 6) is 0. The Morgan fingerprint density at radius 3 is 1.56 bits per heavy atom. The van der Waals surface area contributed by atoms with Gasteiger partial charge in [0, 0.05) is 51.8 Å². The van der Waals surface area contributed by atoms with Crippen molar-refractivity contribution < 1.29 is 0 Å². The molecule has 1 aromatic heterocycles. The SMILES string of the molecule is CN(C)c1ccc(C(c2ccc(N(C)C)cc2)n2ccc(=O)[nH]c2=O)cc1. The topological polar surface area (TPSA) is 61.3 Å². The minimum Gasteiger partial charge on any atom is -0.378 e. The maximum Gasteiger partial charge on any atom is 0.329 e. The van der Waals surface area contributed by atoms with Crippen LogP contribution in [0, 0.1) is 0 Å². The fourth-order valence-electron chi connectivity index (χ4n) is 3.05. The molecule has 0 saturated heterocycles. The zero-order valence-corrected chi connectivity index (χ0v) is 16.0. The van der Waals surface area contributed by atoms with Crippen LogP contribution in [0.4, 0.5) is 11.4 Å². The van der Waals surface area contributed by atoms with Crippen LogP contribution in [0.2, 0.25) is 0 Å². The molecule has 0 aliphatic heterocycles. The standard InChI is InChI=1S/C21H24N4O2/c1-23(2)17-9-5-15(6-10-17)20(25-14-13-19(26)22-21(25)27)16-7-11-18(12-8-16)24(3)4/h5-14,20H,1-4H3,(H,22,26,27). The molecule has 0 saturated carbocycles. The van der Waals surface area contributed by atoms with E-state index >= 15 is 0 Å². The van der Waals surface area contributed by atoms with Gasteiger partial charge in [0.15, 0.2) is 0 Å². The van der Waals surface area contributed by atoms with Gasteiger partial charge in [-0.05, 0) is 35.4 Å². The van der Waals surface area contributed by atoms with Crippen LogP contribution in [0.25, 0.3) is 0 Å². The third-order valence-electron chi connectivity index (χ3n) is 4.58. The first-order valence-electron chi connectivity index (χ1n) is 8.73. The number of aromatic nitrogens is 2. The molecule has 0 spiro atoms. The lowest BCUT2D eigenvalue weighted by Gasteiger charge is -2.22. The fourth-order valence-corrected chi connectivity index (χ4v) is 3.05. The predicted octanol–water partition coefficient (Wildman–Crippen LogP) is 2.31. The Bertz CT molecular complexity index is 964. The first kappa shape index (κ1) is 18.5. The number of nitrogens with one attached hydrogen (secondary N) is 1. The Labute approximate surface area is 158 Å².